The number of rotatable bonds is 5. The Bertz CT molecular complexity index is 919. The highest BCUT2D eigenvalue weighted by Gasteiger charge is 2.26. The summed E-state index contributed by atoms with van der Waals surface area (Å²) in [4.78, 5) is 24.9. The lowest BCUT2D eigenvalue weighted by Crippen LogP contribution is -2.41. The molecule has 0 spiro atoms. The van der Waals surface area contributed by atoms with Crippen LogP contribution < -0.4 is 4.90 Å². The van der Waals surface area contributed by atoms with Gasteiger partial charge in [0.05, 0.1) is 16.7 Å². The highest BCUT2D eigenvalue weighted by Crippen LogP contribution is 2.23. The molecule has 0 N–H and O–H groups in total. The van der Waals surface area contributed by atoms with Gasteiger partial charge in [-0.25, -0.2) is 22.6 Å². The summed E-state index contributed by atoms with van der Waals surface area (Å²) < 4.78 is 42.6. The first-order valence-corrected chi connectivity index (χ1v) is 12.3. The molecule has 172 valence electrons. The number of ether oxygens (including phenoxy) is 1. The zero-order valence-electron chi connectivity index (χ0n) is 18.1. The van der Waals surface area contributed by atoms with Crippen molar-refractivity contribution in [3.8, 4) is 0 Å². The number of carbonyl (C=O) groups is 1. The van der Waals surface area contributed by atoms with Gasteiger partial charge >= 0.3 is 6.09 Å². The Balaban J connectivity index is 1.47. The van der Waals surface area contributed by atoms with Gasteiger partial charge in [0.1, 0.15) is 6.10 Å². The van der Waals surface area contributed by atoms with Crippen LogP contribution >= 0.6 is 0 Å². The van der Waals surface area contributed by atoms with Gasteiger partial charge in [-0.15, -0.1) is 0 Å². The number of hydrogen-bond acceptors (Lipinski definition) is 8. The number of nitrogens with zero attached hydrogens (tertiary/aromatic N) is 4. The van der Waals surface area contributed by atoms with E-state index in [1.807, 2.05) is 13.8 Å². The van der Waals surface area contributed by atoms with Gasteiger partial charge < -0.3 is 19.4 Å². The minimum Gasteiger partial charge on any atom is -0.447 e. The van der Waals surface area contributed by atoms with Crippen molar-refractivity contribution >= 4 is 27.5 Å². The SMILES string of the molecule is CC(C)OC(=O)N1CCC(ON=C2CCN(c3ncc(S(C)(=O)=O)cc3F)CC2)CC1. The number of halogens is 1. The van der Waals surface area contributed by atoms with Crippen LogP contribution in [0.1, 0.15) is 39.5 Å². The second-order valence-electron chi connectivity index (χ2n) is 8.12. The number of likely N-dealkylation sites (tertiary alicyclic amines) is 1. The van der Waals surface area contributed by atoms with Gasteiger partial charge in [0.15, 0.2) is 21.5 Å². The van der Waals surface area contributed by atoms with E-state index >= 15 is 0 Å². The molecule has 0 aliphatic carbocycles. The average molecular weight is 457 g/mol. The lowest BCUT2D eigenvalue weighted by Gasteiger charge is -2.31. The molecule has 2 aliphatic heterocycles. The van der Waals surface area contributed by atoms with Crippen molar-refractivity contribution < 1.29 is 27.2 Å². The Labute approximate surface area is 182 Å². The normalized spacial score (nSPS) is 18.3. The number of sulfone groups is 1. The first-order valence-electron chi connectivity index (χ1n) is 10.4. The molecule has 0 saturated carbocycles. The molecule has 2 saturated heterocycles. The number of oxime groups is 1. The summed E-state index contributed by atoms with van der Waals surface area (Å²) >= 11 is 0. The number of hydrogen-bond donors (Lipinski definition) is 0. The smallest absolute Gasteiger partial charge is 0.410 e. The average Bonchev–Trinajstić information content (AvgIpc) is 2.72. The molecule has 1 aromatic rings. The van der Waals surface area contributed by atoms with Crippen LogP contribution in [0.25, 0.3) is 0 Å². The minimum atomic E-state index is -3.50. The lowest BCUT2D eigenvalue weighted by molar-refractivity contribution is 0.00415. The van der Waals surface area contributed by atoms with Crippen LogP contribution in [-0.2, 0) is 19.4 Å². The third-order valence-electron chi connectivity index (χ3n) is 5.23. The Hall–Kier alpha value is -2.43. The zero-order valence-corrected chi connectivity index (χ0v) is 18.9. The molecule has 3 rings (SSSR count). The molecule has 0 unspecified atom stereocenters. The van der Waals surface area contributed by atoms with E-state index in [2.05, 4.69) is 10.1 Å². The molecule has 1 aromatic heterocycles. The summed E-state index contributed by atoms with van der Waals surface area (Å²) in [6.07, 6.45) is 4.32. The predicted molar refractivity (Wildman–Crippen MR) is 113 cm³/mol. The van der Waals surface area contributed by atoms with Gasteiger partial charge in [0, 0.05) is 64.3 Å². The van der Waals surface area contributed by atoms with Crippen LogP contribution in [0.15, 0.2) is 22.3 Å². The molecular weight excluding hydrogens is 427 g/mol. The van der Waals surface area contributed by atoms with Crippen LogP contribution in [0.4, 0.5) is 15.0 Å². The van der Waals surface area contributed by atoms with Crippen molar-refractivity contribution in [2.24, 2.45) is 5.16 Å². The van der Waals surface area contributed by atoms with E-state index < -0.39 is 15.7 Å². The Morgan fingerprint density at radius 3 is 2.42 bits per heavy atom. The van der Waals surface area contributed by atoms with Gasteiger partial charge in [0.2, 0.25) is 0 Å². The molecular formula is C20H29FN4O5S. The van der Waals surface area contributed by atoms with Crippen LogP contribution in [0.5, 0.6) is 0 Å². The molecule has 1 amide bonds. The van der Waals surface area contributed by atoms with Gasteiger partial charge in [-0.2, -0.15) is 0 Å². The molecule has 0 bridgehead atoms. The van der Waals surface area contributed by atoms with Crippen molar-refractivity contribution in [2.75, 3.05) is 37.3 Å². The summed E-state index contributed by atoms with van der Waals surface area (Å²) in [6.45, 7) is 5.83. The number of aromatic nitrogens is 1. The highest BCUT2D eigenvalue weighted by molar-refractivity contribution is 7.90. The first kappa shape index (κ1) is 23.2. The van der Waals surface area contributed by atoms with E-state index in [1.165, 1.54) is 6.20 Å². The maximum absolute atomic E-state index is 14.4. The molecule has 0 radical (unpaired) electrons. The summed E-state index contributed by atoms with van der Waals surface area (Å²) in [6, 6.07) is 1.01. The number of carbonyl (C=O) groups excluding carboxylic acids is 1. The fourth-order valence-electron chi connectivity index (χ4n) is 3.49. The number of anilines is 1. The van der Waals surface area contributed by atoms with Crippen molar-refractivity contribution in [2.45, 2.75) is 56.6 Å². The summed E-state index contributed by atoms with van der Waals surface area (Å²) in [5.74, 6) is -0.504. The third kappa shape index (κ3) is 6.28. The number of amides is 1. The Morgan fingerprint density at radius 1 is 1.23 bits per heavy atom. The van der Waals surface area contributed by atoms with E-state index in [0.29, 0.717) is 51.9 Å². The van der Waals surface area contributed by atoms with Crippen LogP contribution in [-0.4, -0.2) is 74.7 Å². The van der Waals surface area contributed by atoms with E-state index in [-0.39, 0.29) is 29.0 Å². The van der Waals surface area contributed by atoms with E-state index in [9.17, 15) is 17.6 Å². The lowest BCUT2D eigenvalue weighted by atomic mass is 10.1. The van der Waals surface area contributed by atoms with Crippen molar-refractivity contribution in [3.05, 3.63) is 18.1 Å². The Morgan fingerprint density at radius 2 is 1.87 bits per heavy atom. The highest BCUT2D eigenvalue weighted by atomic mass is 32.2. The second-order valence-corrected chi connectivity index (χ2v) is 10.1. The fourth-order valence-corrected chi connectivity index (χ4v) is 4.05. The van der Waals surface area contributed by atoms with E-state index in [1.54, 1.807) is 9.80 Å². The standard InChI is InChI=1S/C20H29FN4O5S/c1-14(2)29-20(26)25-10-6-16(7-11-25)30-23-15-4-8-24(9-5-15)19-18(21)12-17(13-22-19)31(3,27)28/h12-14,16H,4-11H2,1-3H3. The predicted octanol–water partition coefficient (Wildman–Crippen LogP) is 2.61. The number of pyridine rings is 1. The first-order chi connectivity index (χ1) is 14.6. The minimum absolute atomic E-state index is 0.0451. The molecule has 0 aromatic carbocycles. The van der Waals surface area contributed by atoms with Gasteiger partial charge in [-0.1, -0.05) is 5.16 Å². The second kappa shape index (κ2) is 9.80. The molecule has 3 heterocycles. The van der Waals surface area contributed by atoms with Crippen LogP contribution in [0.3, 0.4) is 0 Å². The molecule has 31 heavy (non-hydrogen) atoms. The monoisotopic (exact) mass is 456 g/mol. The summed E-state index contributed by atoms with van der Waals surface area (Å²) in [5.41, 5.74) is 0.895. The molecule has 2 fully saturated rings. The number of piperidine rings is 2. The maximum Gasteiger partial charge on any atom is 0.410 e. The van der Waals surface area contributed by atoms with E-state index in [4.69, 9.17) is 9.57 Å². The van der Waals surface area contributed by atoms with Gasteiger partial charge in [-0.3, -0.25) is 0 Å². The van der Waals surface area contributed by atoms with Crippen molar-refractivity contribution in [1.82, 2.24) is 9.88 Å². The topological polar surface area (TPSA) is 101 Å². The quantitative estimate of drug-likeness (QED) is 0.628. The molecule has 0 atom stereocenters. The summed E-state index contributed by atoms with van der Waals surface area (Å²) in [5, 5.41) is 4.28. The van der Waals surface area contributed by atoms with Crippen LogP contribution in [0.2, 0.25) is 0 Å². The van der Waals surface area contributed by atoms with Gasteiger partial charge in [-0.05, 0) is 19.9 Å². The largest absolute Gasteiger partial charge is 0.447 e. The molecule has 11 heteroatoms. The zero-order chi connectivity index (χ0) is 22.6. The Kier molecular flexibility index (Phi) is 7.34. The van der Waals surface area contributed by atoms with E-state index in [0.717, 1.165) is 18.0 Å². The van der Waals surface area contributed by atoms with Crippen LogP contribution in [0, 0.1) is 5.82 Å². The molecule has 9 nitrogen and oxygen atoms in total. The maximum atomic E-state index is 14.4. The molecule has 2 aliphatic rings. The summed E-state index contributed by atoms with van der Waals surface area (Å²) in [7, 11) is -3.50. The third-order valence-corrected chi connectivity index (χ3v) is 6.31. The fraction of sp³-hybridized carbons (Fsp3) is 0.650. The van der Waals surface area contributed by atoms with Gasteiger partial charge in [0.25, 0.3) is 0 Å². The van der Waals surface area contributed by atoms with Crippen molar-refractivity contribution in [1.29, 1.82) is 0 Å². The van der Waals surface area contributed by atoms with Crippen molar-refractivity contribution in [3.63, 3.8) is 0 Å².